The standard InChI is InChI=1S/C18H21N3O3/c1-23-16-4-2-3-13-7-11(10-24-17(13)16)9-19-18(22)15-8-14(20-21-15)12-5-6-12/h2-4,8,11-12H,5-7,9-10H2,1H3,(H,19,22)(H,20,21)/t11-/m1/s1. The van der Waals surface area contributed by atoms with E-state index in [2.05, 4.69) is 15.5 Å². The Hall–Kier alpha value is -2.50. The van der Waals surface area contributed by atoms with Crippen LogP contribution < -0.4 is 14.8 Å². The van der Waals surface area contributed by atoms with Gasteiger partial charge in [-0.2, -0.15) is 5.10 Å². The number of ether oxygens (including phenoxy) is 2. The highest BCUT2D eigenvalue weighted by atomic mass is 16.5. The van der Waals surface area contributed by atoms with Gasteiger partial charge in [-0.3, -0.25) is 9.89 Å². The summed E-state index contributed by atoms with van der Waals surface area (Å²) in [6.45, 7) is 1.14. The SMILES string of the molecule is COc1cccc2c1OC[C@@H](CNC(=O)c1cc(C3CC3)[nH]n1)C2. The van der Waals surface area contributed by atoms with Crippen LogP contribution in [0.3, 0.4) is 0 Å². The number of carbonyl (C=O) groups excluding carboxylic acids is 1. The summed E-state index contributed by atoms with van der Waals surface area (Å²) in [5, 5.41) is 10.0. The minimum absolute atomic E-state index is 0.130. The molecule has 6 heteroatoms. The van der Waals surface area contributed by atoms with E-state index in [9.17, 15) is 4.79 Å². The zero-order valence-corrected chi connectivity index (χ0v) is 13.7. The highest BCUT2D eigenvalue weighted by molar-refractivity contribution is 5.92. The molecule has 0 unspecified atom stereocenters. The van der Waals surface area contributed by atoms with E-state index in [1.165, 1.54) is 12.8 Å². The molecule has 2 aliphatic rings. The number of para-hydroxylation sites is 1. The van der Waals surface area contributed by atoms with Crippen LogP contribution >= 0.6 is 0 Å². The average molecular weight is 327 g/mol. The van der Waals surface area contributed by atoms with Crippen molar-refractivity contribution in [3.63, 3.8) is 0 Å². The first-order valence-electron chi connectivity index (χ1n) is 8.36. The van der Waals surface area contributed by atoms with Crippen molar-refractivity contribution in [1.29, 1.82) is 0 Å². The Bertz CT molecular complexity index is 752. The number of carbonyl (C=O) groups is 1. The number of fused-ring (bicyclic) bond motifs is 1. The maximum Gasteiger partial charge on any atom is 0.271 e. The lowest BCUT2D eigenvalue weighted by atomic mass is 9.96. The van der Waals surface area contributed by atoms with E-state index in [1.54, 1.807) is 7.11 Å². The largest absolute Gasteiger partial charge is 0.493 e. The average Bonchev–Trinajstić information content (AvgIpc) is 3.35. The Morgan fingerprint density at radius 2 is 2.33 bits per heavy atom. The van der Waals surface area contributed by atoms with Gasteiger partial charge in [0.25, 0.3) is 5.91 Å². The molecule has 0 spiro atoms. The molecule has 4 rings (SSSR count). The molecule has 2 heterocycles. The molecule has 2 N–H and O–H groups in total. The van der Waals surface area contributed by atoms with Crippen molar-refractivity contribution >= 4 is 5.91 Å². The third kappa shape index (κ3) is 2.96. The van der Waals surface area contributed by atoms with E-state index in [-0.39, 0.29) is 11.8 Å². The van der Waals surface area contributed by atoms with Crippen LogP contribution in [0.4, 0.5) is 0 Å². The number of nitrogens with one attached hydrogen (secondary N) is 2. The maximum absolute atomic E-state index is 12.2. The summed E-state index contributed by atoms with van der Waals surface area (Å²) in [4.78, 5) is 12.2. The highest BCUT2D eigenvalue weighted by Crippen LogP contribution is 2.39. The third-order valence-corrected chi connectivity index (χ3v) is 4.65. The molecule has 1 aliphatic carbocycles. The molecule has 1 aromatic carbocycles. The van der Waals surface area contributed by atoms with Gasteiger partial charge in [0.2, 0.25) is 0 Å². The fourth-order valence-electron chi connectivity index (χ4n) is 3.13. The topological polar surface area (TPSA) is 76.2 Å². The summed E-state index contributed by atoms with van der Waals surface area (Å²) < 4.78 is 11.2. The smallest absolute Gasteiger partial charge is 0.271 e. The normalized spacial score (nSPS) is 19.3. The molecule has 1 amide bonds. The fourth-order valence-corrected chi connectivity index (χ4v) is 3.13. The van der Waals surface area contributed by atoms with E-state index in [1.807, 2.05) is 24.3 Å². The number of rotatable bonds is 5. The van der Waals surface area contributed by atoms with Gasteiger partial charge in [-0.25, -0.2) is 0 Å². The number of H-pyrrole nitrogens is 1. The van der Waals surface area contributed by atoms with Crippen molar-refractivity contribution in [2.24, 2.45) is 5.92 Å². The highest BCUT2D eigenvalue weighted by Gasteiger charge is 2.27. The van der Waals surface area contributed by atoms with Gasteiger partial charge < -0.3 is 14.8 Å². The van der Waals surface area contributed by atoms with Crippen molar-refractivity contribution in [2.75, 3.05) is 20.3 Å². The summed E-state index contributed by atoms with van der Waals surface area (Å²) in [6, 6.07) is 7.77. The van der Waals surface area contributed by atoms with E-state index in [0.29, 0.717) is 24.8 Å². The van der Waals surface area contributed by atoms with Gasteiger partial charge in [-0.1, -0.05) is 12.1 Å². The Kier molecular flexibility index (Phi) is 3.88. The lowest BCUT2D eigenvalue weighted by Gasteiger charge is -2.26. The van der Waals surface area contributed by atoms with Crippen molar-refractivity contribution in [3.8, 4) is 11.5 Å². The van der Waals surface area contributed by atoms with Gasteiger partial charge in [0, 0.05) is 24.1 Å². The van der Waals surface area contributed by atoms with Gasteiger partial charge in [0.1, 0.15) is 5.69 Å². The van der Waals surface area contributed by atoms with Gasteiger partial charge in [0.15, 0.2) is 11.5 Å². The van der Waals surface area contributed by atoms with Crippen LogP contribution in [0.2, 0.25) is 0 Å². The Morgan fingerprint density at radius 3 is 3.12 bits per heavy atom. The van der Waals surface area contributed by atoms with Gasteiger partial charge in [-0.15, -0.1) is 0 Å². The number of benzene rings is 1. The summed E-state index contributed by atoms with van der Waals surface area (Å²) >= 11 is 0. The minimum Gasteiger partial charge on any atom is -0.493 e. The van der Waals surface area contributed by atoms with E-state index in [4.69, 9.17) is 9.47 Å². The van der Waals surface area contributed by atoms with Crippen LogP contribution in [-0.4, -0.2) is 36.4 Å². The third-order valence-electron chi connectivity index (χ3n) is 4.65. The number of aromatic nitrogens is 2. The van der Waals surface area contributed by atoms with E-state index < -0.39 is 0 Å². The van der Waals surface area contributed by atoms with Gasteiger partial charge in [-0.05, 0) is 37.0 Å². The molecule has 1 atom stereocenters. The van der Waals surface area contributed by atoms with Crippen LogP contribution in [0.5, 0.6) is 11.5 Å². The number of methoxy groups -OCH3 is 1. The zero-order valence-electron chi connectivity index (χ0n) is 13.7. The van der Waals surface area contributed by atoms with E-state index in [0.717, 1.165) is 29.2 Å². The molecular weight excluding hydrogens is 306 g/mol. The molecule has 1 aromatic heterocycles. The molecule has 6 nitrogen and oxygen atoms in total. The minimum atomic E-state index is -0.130. The monoisotopic (exact) mass is 327 g/mol. The van der Waals surface area contributed by atoms with Crippen molar-refractivity contribution in [1.82, 2.24) is 15.5 Å². The molecule has 0 bridgehead atoms. The quantitative estimate of drug-likeness (QED) is 0.883. The Morgan fingerprint density at radius 1 is 1.46 bits per heavy atom. The fraction of sp³-hybridized carbons (Fsp3) is 0.444. The lowest BCUT2D eigenvalue weighted by Crippen LogP contribution is -2.35. The van der Waals surface area contributed by atoms with Crippen molar-refractivity contribution in [2.45, 2.75) is 25.2 Å². The predicted molar refractivity (Wildman–Crippen MR) is 88.6 cm³/mol. The first-order chi connectivity index (χ1) is 11.7. The molecule has 1 fully saturated rings. The number of nitrogens with zero attached hydrogens (tertiary/aromatic N) is 1. The molecule has 2 aromatic rings. The Balaban J connectivity index is 1.35. The summed E-state index contributed by atoms with van der Waals surface area (Å²) in [5.74, 6) is 2.27. The predicted octanol–water partition coefficient (Wildman–Crippen LogP) is 2.28. The Labute approximate surface area is 140 Å². The van der Waals surface area contributed by atoms with E-state index >= 15 is 0 Å². The molecule has 126 valence electrons. The van der Waals surface area contributed by atoms with Crippen LogP contribution in [0.15, 0.2) is 24.3 Å². The molecule has 1 saturated carbocycles. The maximum atomic E-state index is 12.2. The van der Waals surface area contributed by atoms with Crippen LogP contribution in [0.25, 0.3) is 0 Å². The van der Waals surface area contributed by atoms with Crippen molar-refractivity contribution < 1.29 is 14.3 Å². The summed E-state index contributed by atoms with van der Waals surface area (Å²) in [5.41, 5.74) is 2.66. The molecule has 24 heavy (non-hydrogen) atoms. The van der Waals surface area contributed by atoms with Gasteiger partial charge in [0.05, 0.1) is 13.7 Å². The number of amides is 1. The van der Waals surface area contributed by atoms with Crippen LogP contribution in [-0.2, 0) is 6.42 Å². The van der Waals surface area contributed by atoms with Crippen molar-refractivity contribution in [3.05, 3.63) is 41.2 Å². The summed E-state index contributed by atoms with van der Waals surface area (Å²) in [6.07, 6.45) is 3.23. The zero-order chi connectivity index (χ0) is 16.5. The number of hydrogen-bond acceptors (Lipinski definition) is 4. The second kappa shape index (κ2) is 6.19. The first kappa shape index (κ1) is 15.1. The summed E-state index contributed by atoms with van der Waals surface area (Å²) in [7, 11) is 1.64. The van der Waals surface area contributed by atoms with Crippen LogP contribution in [0.1, 0.15) is 40.5 Å². The molecule has 0 radical (unpaired) electrons. The molecular formula is C18H21N3O3. The number of aromatic amines is 1. The second-order valence-electron chi connectivity index (χ2n) is 6.52. The van der Waals surface area contributed by atoms with Gasteiger partial charge >= 0.3 is 0 Å². The molecule has 0 saturated heterocycles. The second-order valence-corrected chi connectivity index (χ2v) is 6.52. The number of hydrogen-bond donors (Lipinski definition) is 2. The lowest BCUT2D eigenvalue weighted by molar-refractivity contribution is 0.0933. The van der Waals surface area contributed by atoms with Crippen LogP contribution in [0, 0.1) is 5.92 Å². The molecule has 1 aliphatic heterocycles. The first-order valence-corrected chi connectivity index (χ1v) is 8.36.